The first-order chi connectivity index (χ1) is 9.29. The first kappa shape index (κ1) is 15.9. The summed E-state index contributed by atoms with van der Waals surface area (Å²) in [6, 6.07) is 1.08. The van der Waals surface area contributed by atoms with E-state index in [-0.39, 0.29) is 6.04 Å². The fourth-order valence-electron chi connectivity index (χ4n) is 1.69. The van der Waals surface area contributed by atoms with Gasteiger partial charge in [-0.25, -0.2) is 9.59 Å². The van der Waals surface area contributed by atoms with Crippen LogP contribution in [0.1, 0.15) is 28.3 Å². The molecule has 20 heavy (non-hydrogen) atoms. The molecule has 0 aliphatic carbocycles. The smallest absolute Gasteiger partial charge is 0.328 e. The zero-order chi connectivity index (χ0) is 15.3. The highest BCUT2D eigenvalue weighted by atomic mass is 32.1. The Balaban J connectivity index is 2.56. The van der Waals surface area contributed by atoms with E-state index in [1.165, 1.54) is 0 Å². The van der Waals surface area contributed by atoms with Gasteiger partial charge in [0.1, 0.15) is 0 Å². The summed E-state index contributed by atoms with van der Waals surface area (Å²) >= 11 is 1.63. The first-order valence-corrected chi connectivity index (χ1v) is 6.70. The third-order valence-electron chi connectivity index (χ3n) is 2.51. The van der Waals surface area contributed by atoms with Crippen molar-refractivity contribution in [3.05, 3.63) is 33.5 Å². The number of aryl methyl sites for hydroxylation is 2. The van der Waals surface area contributed by atoms with Crippen LogP contribution in [0.25, 0.3) is 0 Å². The highest BCUT2D eigenvalue weighted by molar-refractivity contribution is 7.12. The van der Waals surface area contributed by atoms with Crippen molar-refractivity contribution in [3.63, 3.8) is 0 Å². The summed E-state index contributed by atoms with van der Waals surface area (Å²) in [5.41, 5.74) is 0.996. The molecular weight excluding hydrogens is 280 g/mol. The molecule has 0 saturated heterocycles. The monoisotopic (exact) mass is 296 g/mol. The van der Waals surface area contributed by atoms with Gasteiger partial charge < -0.3 is 10.4 Å². The molecule has 0 radical (unpaired) electrons. The molecule has 3 N–H and O–H groups in total. The lowest BCUT2D eigenvalue weighted by atomic mass is 10.1. The SMILES string of the molecule is Cc1cc(C(C)NC(=O)NC(=O)C=CC(=O)O)c(C)s1. The molecule has 1 aromatic rings. The van der Waals surface area contributed by atoms with Gasteiger partial charge in [0.2, 0.25) is 0 Å². The Hall–Kier alpha value is -2.15. The zero-order valence-electron chi connectivity index (χ0n) is 11.4. The van der Waals surface area contributed by atoms with E-state index in [0.717, 1.165) is 21.4 Å². The lowest BCUT2D eigenvalue weighted by Crippen LogP contribution is -2.39. The van der Waals surface area contributed by atoms with Crippen LogP contribution in [-0.4, -0.2) is 23.0 Å². The Labute approximate surface area is 120 Å². The molecule has 1 rings (SSSR count). The molecule has 1 atom stereocenters. The Morgan fingerprint density at radius 1 is 1.30 bits per heavy atom. The zero-order valence-corrected chi connectivity index (χ0v) is 12.2. The summed E-state index contributed by atoms with van der Waals surface area (Å²) in [6.45, 7) is 5.75. The maximum atomic E-state index is 11.6. The number of carbonyl (C=O) groups is 3. The quantitative estimate of drug-likeness (QED) is 0.739. The van der Waals surface area contributed by atoms with Gasteiger partial charge in [0.25, 0.3) is 5.91 Å². The summed E-state index contributed by atoms with van der Waals surface area (Å²) < 4.78 is 0. The number of imide groups is 1. The van der Waals surface area contributed by atoms with Gasteiger partial charge >= 0.3 is 12.0 Å². The van der Waals surface area contributed by atoms with Crippen LogP contribution in [0, 0.1) is 13.8 Å². The summed E-state index contributed by atoms with van der Waals surface area (Å²) in [5.74, 6) is -2.03. The second kappa shape index (κ2) is 6.85. The summed E-state index contributed by atoms with van der Waals surface area (Å²) in [5, 5.41) is 13.0. The van der Waals surface area contributed by atoms with Gasteiger partial charge in [-0.05, 0) is 32.4 Å². The van der Waals surface area contributed by atoms with E-state index < -0.39 is 17.9 Å². The maximum absolute atomic E-state index is 11.6. The number of urea groups is 1. The normalized spacial score (nSPS) is 12.2. The van der Waals surface area contributed by atoms with E-state index in [1.54, 1.807) is 11.3 Å². The third kappa shape index (κ3) is 4.85. The van der Waals surface area contributed by atoms with Gasteiger partial charge in [-0.15, -0.1) is 11.3 Å². The molecule has 0 aliphatic rings. The lowest BCUT2D eigenvalue weighted by Gasteiger charge is -2.13. The molecule has 1 unspecified atom stereocenters. The Morgan fingerprint density at radius 3 is 2.45 bits per heavy atom. The minimum atomic E-state index is -1.25. The Morgan fingerprint density at radius 2 is 1.95 bits per heavy atom. The fourth-order valence-corrected chi connectivity index (χ4v) is 2.71. The Kier molecular flexibility index (Phi) is 5.45. The largest absolute Gasteiger partial charge is 0.478 e. The number of nitrogens with one attached hydrogen (secondary N) is 2. The molecule has 0 fully saturated rings. The van der Waals surface area contributed by atoms with Gasteiger partial charge in [-0.2, -0.15) is 0 Å². The van der Waals surface area contributed by atoms with Gasteiger partial charge in [0.15, 0.2) is 0 Å². The molecule has 1 heterocycles. The van der Waals surface area contributed by atoms with Crippen molar-refractivity contribution in [2.24, 2.45) is 0 Å². The van der Waals surface area contributed by atoms with E-state index in [9.17, 15) is 14.4 Å². The van der Waals surface area contributed by atoms with Crippen molar-refractivity contribution in [1.82, 2.24) is 10.6 Å². The van der Waals surface area contributed by atoms with Crippen LogP contribution in [-0.2, 0) is 9.59 Å². The minimum absolute atomic E-state index is 0.240. The molecule has 7 heteroatoms. The number of aliphatic carboxylic acids is 1. The second-order valence-corrected chi connectivity index (χ2v) is 5.68. The van der Waals surface area contributed by atoms with Crippen LogP contribution in [0.5, 0.6) is 0 Å². The summed E-state index contributed by atoms with van der Waals surface area (Å²) in [6.07, 6.45) is 1.45. The van der Waals surface area contributed by atoms with Crippen molar-refractivity contribution < 1.29 is 19.5 Å². The molecule has 1 aromatic heterocycles. The lowest BCUT2D eigenvalue weighted by molar-refractivity contribution is -0.131. The number of amides is 3. The first-order valence-electron chi connectivity index (χ1n) is 5.89. The number of carbonyl (C=O) groups excluding carboxylic acids is 2. The molecule has 0 saturated carbocycles. The van der Waals surface area contributed by atoms with Crippen LogP contribution >= 0.6 is 11.3 Å². The predicted molar refractivity (Wildman–Crippen MR) is 75.7 cm³/mol. The topological polar surface area (TPSA) is 95.5 Å². The minimum Gasteiger partial charge on any atom is -0.478 e. The van der Waals surface area contributed by atoms with Gasteiger partial charge in [0.05, 0.1) is 6.04 Å². The molecule has 108 valence electrons. The fraction of sp³-hybridized carbons (Fsp3) is 0.308. The molecule has 0 aliphatic heterocycles. The number of hydrogen-bond donors (Lipinski definition) is 3. The van der Waals surface area contributed by atoms with Crippen LogP contribution in [0.2, 0.25) is 0 Å². The molecule has 0 bridgehead atoms. The van der Waals surface area contributed by atoms with E-state index in [4.69, 9.17) is 5.11 Å². The van der Waals surface area contributed by atoms with Crippen molar-refractivity contribution >= 4 is 29.2 Å². The van der Waals surface area contributed by atoms with Crippen molar-refractivity contribution in [2.45, 2.75) is 26.8 Å². The summed E-state index contributed by atoms with van der Waals surface area (Å²) in [4.78, 5) is 35.3. The van der Waals surface area contributed by atoms with E-state index in [1.807, 2.05) is 32.2 Å². The van der Waals surface area contributed by atoms with E-state index in [2.05, 4.69) is 5.32 Å². The van der Waals surface area contributed by atoms with Crippen molar-refractivity contribution in [1.29, 1.82) is 0 Å². The van der Waals surface area contributed by atoms with Crippen LogP contribution in [0.4, 0.5) is 4.79 Å². The average molecular weight is 296 g/mol. The average Bonchev–Trinajstić information content (AvgIpc) is 2.65. The maximum Gasteiger partial charge on any atom is 0.328 e. The van der Waals surface area contributed by atoms with Gasteiger partial charge in [0, 0.05) is 21.9 Å². The van der Waals surface area contributed by atoms with E-state index in [0.29, 0.717) is 6.08 Å². The van der Waals surface area contributed by atoms with Gasteiger partial charge in [-0.3, -0.25) is 10.1 Å². The second-order valence-electron chi connectivity index (χ2n) is 4.22. The number of hydrogen-bond acceptors (Lipinski definition) is 4. The summed E-state index contributed by atoms with van der Waals surface area (Å²) in [7, 11) is 0. The predicted octanol–water partition coefficient (Wildman–Crippen LogP) is 1.89. The van der Waals surface area contributed by atoms with E-state index >= 15 is 0 Å². The Bertz CT molecular complexity index is 563. The number of rotatable bonds is 4. The molecule has 0 aromatic carbocycles. The van der Waals surface area contributed by atoms with Gasteiger partial charge in [-0.1, -0.05) is 0 Å². The van der Waals surface area contributed by atoms with Crippen molar-refractivity contribution in [3.8, 4) is 0 Å². The highest BCUT2D eigenvalue weighted by Gasteiger charge is 2.14. The molecule has 3 amide bonds. The highest BCUT2D eigenvalue weighted by Crippen LogP contribution is 2.25. The number of carboxylic acids is 1. The van der Waals surface area contributed by atoms with Crippen LogP contribution in [0.3, 0.4) is 0 Å². The molecule has 6 nitrogen and oxygen atoms in total. The van der Waals surface area contributed by atoms with Crippen molar-refractivity contribution in [2.75, 3.05) is 0 Å². The molecular formula is C13H16N2O4S. The third-order valence-corrected chi connectivity index (χ3v) is 3.49. The number of carboxylic acid groups (broad SMARTS) is 1. The number of thiophene rings is 1. The standard InChI is InChI=1S/C13H16N2O4S/c1-7-6-10(9(3)20-7)8(2)14-13(19)15-11(16)4-5-12(17)18/h4-6,8H,1-3H3,(H,17,18)(H2,14,15,16,19). The molecule has 0 spiro atoms. The van der Waals surface area contributed by atoms with Crippen LogP contribution < -0.4 is 10.6 Å². The van der Waals surface area contributed by atoms with Crippen LogP contribution in [0.15, 0.2) is 18.2 Å².